The molecule has 0 aromatic rings. The van der Waals surface area contributed by atoms with Crippen molar-refractivity contribution in [2.24, 2.45) is 0 Å². The van der Waals surface area contributed by atoms with Gasteiger partial charge < -0.3 is 15.5 Å². The zero-order valence-electron chi connectivity index (χ0n) is 7.62. The molecule has 0 bridgehead atoms. The molecule has 2 atom stereocenters. The van der Waals surface area contributed by atoms with Gasteiger partial charge in [-0.05, 0) is 6.92 Å². The zero-order chi connectivity index (χ0) is 11.5. The number of carboxylic acid groups (broad SMARTS) is 1. The lowest BCUT2D eigenvalue weighted by Crippen LogP contribution is -2.58. The van der Waals surface area contributed by atoms with E-state index in [-0.39, 0.29) is 0 Å². The van der Waals surface area contributed by atoms with Crippen molar-refractivity contribution in [3.8, 4) is 0 Å². The first-order valence-corrected chi connectivity index (χ1v) is 3.70. The number of carboxylic acids is 1. The van der Waals surface area contributed by atoms with Gasteiger partial charge in [-0.3, -0.25) is 4.79 Å². The number of aliphatic hydroxyl groups is 1. The van der Waals surface area contributed by atoms with Gasteiger partial charge >= 0.3 is 5.97 Å². The van der Waals surface area contributed by atoms with Crippen LogP contribution >= 0.6 is 0 Å². The highest BCUT2D eigenvalue weighted by molar-refractivity contribution is 5.83. The van der Waals surface area contributed by atoms with Gasteiger partial charge in [-0.2, -0.15) is 0 Å². The molecule has 14 heavy (non-hydrogen) atoms. The van der Waals surface area contributed by atoms with E-state index in [1.807, 2.05) is 0 Å². The van der Waals surface area contributed by atoms with Crippen LogP contribution in [0.1, 0.15) is 13.8 Å². The lowest BCUT2D eigenvalue weighted by atomic mass is 9.97. The number of carbonyl (C=O) groups excluding carboxylic acids is 1. The van der Waals surface area contributed by atoms with Crippen molar-refractivity contribution in [3.05, 3.63) is 0 Å². The molecule has 0 heterocycles. The molecule has 0 aliphatic rings. The molecule has 0 aromatic heterocycles. The fraction of sp³-hybridized carbons (Fsp3) is 0.714. The van der Waals surface area contributed by atoms with Gasteiger partial charge in [0.05, 0.1) is 0 Å². The number of halogens is 2. The third-order valence-corrected chi connectivity index (χ3v) is 1.62. The summed E-state index contributed by atoms with van der Waals surface area (Å²) < 4.78 is 24.4. The van der Waals surface area contributed by atoms with Gasteiger partial charge in [0, 0.05) is 6.92 Å². The molecule has 0 radical (unpaired) electrons. The van der Waals surface area contributed by atoms with Crippen LogP contribution in [0, 0.1) is 0 Å². The minimum absolute atomic E-state index is 0.645. The lowest BCUT2D eigenvalue weighted by molar-refractivity contribution is -0.160. The summed E-state index contributed by atoms with van der Waals surface area (Å²) >= 11 is 0. The molecule has 0 fully saturated rings. The summed E-state index contributed by atoms with van der Waals surface area (Å²) in [6, 6.07) is -2.03. The quantitative estimate of drug-likeness (QED) is 0.590. The number of nitrogens with one attached hydrogen (secondary N) is 1. The van der Waals surface area contributed by atoms with Gasteiger partial charge in [0.2, 0.25) is 5.91 Å². The molecular formula is C7H11F2NO4. The van der Waals surface area contributed by atoms with Crippen LogP contribution in [0.5, 0.6) is 0 Å². The van der Waals surface area contributed by atoms with Crippen LogP contribution in [0.2, 0.25) is 0 Å². The minimum Gasteiger partial charge on any atom is -0.480 e. The maximum Gasteiger partial charge on any atom is 0.329 e. The zero-order valence-corrected chi connectivity index (χ0v) is 7.62. The topological polar surface area (TPSA) is 86.6 Å². The summed E-state index contributed by atoms with van der Waals surface area (Å²) in [7, 11) is 0. The summed E-state index contributed by atoms with van der Waals surface area (Å²) in [5.74, 6) is -2.52. The molecule has 0 aliphatic heterocycles. The number of rotatable bonds is 4. The summed E-state index contributed by atoms with van der Waals surface area (Å²) in [6.07, 6.45) is -3.27. The summed E-state index contributed by atoms with van der Waals surface area (Å²) in [5, 5.41) is 19.4. The predicted octanol–water partition coefficient (Wildman–Crippen LogP) is -0.408. The monoisotopic (exact) mass is 211 g/mol. The van der Waals surface area contributed by atoms with Gasteiger partial charge in [0.15, 0.2) is 11.6 Å². The molecule has 82 valence electrons. The fourth-order valence-corrected chi connectivity index (χ4v) is 0.787. The molecule has 0 aromatic carbocycles. The summed E-state index contributed by atoms with van der Waals surface area (Å²) in [5.41, 5.74) is -2.79. The van der Waals surface area contributed by atoms with Gasteiger partial charge in [0.1, 0.15) is 0 Å². The maximum absolute atomic E-state index is 12.2. The maximum atomic E-state index is 12.2. The van der Waals surface area contributed by atoms with Crippen LogP contribution < -0.4 is 5.32 Å². The summed E-state index contributed by atoms with van der Waals surface area (Å²) in [4.78, 5) is 21.0. The van der Waals surface area contributed by atoms with E-state index in [1.54, 1.807) is 5.32 Å². The van der Waals surface area contributed by atoms with Crippen molar-refractivity contribution in [3.63, 3.8) is 0 Å². The number of amides is 1. The second kappa shape index (κ2) is 4.32. The Hall–Kier alpha value is -1.24. The van der Waals surface area contributed by atoms with Crippen LogP contribution in [0.4, 0.5) is 8.78 Å². The Labute approximate surface area is 78.7 Å². The molecule has 0 rings (SSSR count). The Morgan fingerprint density at radius 2 is 1.86 bits per heavy atom. The smallest absolute Gasteiger partial charge is 0.329 e. The van der Waals surface area contributed by atoms with Crippen LogP contribution in [0.25, 0.3) is 0 Å². The van der Waals surface area contributed by atoms with Gasteiger partial charge in [-0.1, -0.05) is 0 Å². The first kappa shape index (κ1) is 12.8. The van der Waals surface area contributed by atoms with E-state index in [0.29, 0.717) is 6.92 Å². The number of hydrogen-bond acceptors (Lipinski definition) is 3. The largest absolute Gasteiger partial charge is 0.480 e. The minimum atomic E-state index is -3.27. The first-order valence-electron chi connectivity index (χ1n) is 3.70. The standard InChI is InChI=1S/C7H11F2NO4/c1-3(11)10-4(5(12)13)7(2,14)6(8)9/h4,6,14H,1-2H3,(H,10,11)(H,12,13)/t4-,7+/m0/s1. The van der Waals surface area contributed by atoms with Gasteiger partial charge in [-0.15, -0.1) is 0 Å². The molecule has 3 N–H and O–H groups in total. The Morgan fingerprint density at radius 3 is 2.07 bits per heavy atom. The van der Waals surface area contributed by atoms with Crippen LogP contribution in [0.3, 0.4) is 0 Å². The second-order valence-electron chi connectivity index (χ2n) is 3.00. The number of hydrogen-bond donors (Lipinski definition) is 3. The van der Waals surface area contributed by atoms with Gasteiger partial charge in [0.25, 0.3) is 6.43 Å². The van der Waals surface area contributed by atoms with E-state index in [4.69, 9.17) is 10.2 Å². The van der Waals surface area contributed by atoms with E-state index in [9.17, 15) is 18.4 Å². The number of alkyl halides is 2. The third-order valence-electron chi connectivity index (χ3n) is 1.62. The highest BCUT2D eigenvalue weighted by Gasteiger charge is 2.45. The summed E-state index contributed by atoms with van der Waals surface area (Å²) in [6.45, 7) is 1.61. The van der Waals surface area contributed by atoms with E-state index < -0.39 is 29.9 Å². The number of aliphatic carboxylic acids is 1. The van der Waals surface area contributed by atoms with E-state index >= 15 is 0 Å². The third kappa shape index (κ3) is 2.91. The first-order chi connectivity index (χ1) is 6.19. The van der Waals surface area contributed by atoms with E-state index in [2.05, 4.69) is 0 Å². The molecule has 5 nitrogen and oxygen atoms in total. The van der Waals surface area contributed by atoms with Crippen molar-refractivity contribution in [1.82, 2.24) is 5.32 Å². The Balaban J connectivity index is 4.81. The molecule has 1 amide bonds. The second-order valence-corrected chi connectivity index (χ2v) is 3.00. The molecule has 0 saturated carbocycles. The molecule has 0 unspecified atom stereocenters. The van der Waals surface area contributed by atoms with Crippen molar-refractivity contribution in [2.45, 2.75) is 31.9 Å². The Morgan fingerprint density at radius 1 is 1.43 bits per heavy atom. The molecule has 7 heteroatoms. The van der Waals surface area contributed by atoms with Crippen molar-refractivity contribution < 1.29 is 28.6 Å². The van der Waals surface area contributed by atoms with E-state index in [0.717, 1.165) is 6.92 Å². The van der Waals surface area contributed by atoms with Crippen LogP contribution in [0.15, 0.2) is 0 Å². The van der Waals surface area contributed by atoms with Crippen LogP contribution in [-0.4, -0.2) is 40.2 Å². The highest BCUT2D eigenvalue weighted by Crippen LogP contribution is 2.19. The fourth-order valence-electron chi connectivity index (χ4n) is 0.787. The Kier molecular flexibility index (Phi) is 3.93. The average molecular weight is 211 g/mol. The molecule has 0 spiro atoms. The average Bonchev–Trinajstić information content (AvgIpc) is 1.98. The highest BCUT2D eigenvalue weighted by atomic mass is 19.3. The molecule has 0 aliphatic carbocycles. The predicted molar refractivity (Wildman–Crippen MR) is 41.9 cm³/mol. The van der Waals surface area contributed by atoms with Gasteiger partial charge in [-0.25, -0.2) is 13.6 Å². The van der Waals surface area contributed by atoms with Crippen molar-refractivity contribution in [2.75, 3.05) is 0 Å². The number of carbonyl (C=O) groups is 2. The lowest BCUT2D eigenvalue weighted by Gasteiger charge is -2.29. The van der Waals surface area contributed by atoms with Crippen molar-refractivity contribution in [1.29, 1.82) is 0 Å². The SMILES string of the molecule is CC(=O)N[C@@H](C(=O)O)[C@@](C)(O)C(F)F. The van der Waals surface area contributed by atoms with Crippen LogP contribution in [-0.2, 0) is 9.59 Å². The molecular weight excluding hydrogens is 200 g/mol. The Bertz CT molecular complexity index is 242. The van der Waals surface area contributed by atoms with E-state index in [1.165, 1.54) is 0 Å². The van der Waals surface area contributed by atoms with Crippen molar-refractivity contribution >= 4 is 11.9 Å². The normalized spacial score (nSPS) is 17.3. The molecule has 0 saturated heterocycles.